The minimum absolute atomic E-state index is 0.142. The molecule has 0 aromatic heterocycles. The first-order chi connectivity index (χ1) is 6.88. The van der Waals surface area contributed by atoms with Crippen LogP contribution in [0.1, 0.15) is 32.3 Å². The summed E-state index contributed by atoms with van der Waals surface area (Å²) in [5.41, 5.74) is 0.889. The third-order valence-electron chi connectivity index (χ3n) is 2.31. The van der Waals surface area contributed by atoms with Crippen LogP contribution in [0.25, 0.3) is 0 Å². The molecule has 15 heavy (non-hydrogen) atoms. The molecule has 0 aliphatic carbocycles. The van der Waals surface area contributed by atoms with Gasteiger partial charge in [0.15, 0.2) is 9.84 Å². The first-order valence-electron chi connectivity index (χ1n) is 4.90. The van der Waals surface area contributed by atoms with Crippen LogP contribution in [0.5, 0.6) is 0 Å². The number of halogens is 1. The Hall–Kier alpha value is -0.350. The van der Waals surface area contributed by atoms with Gasteiger partial charge in [-0.25, -0.2) is 8.42 Å². The van der Waals surface area contributed by atoms with Crippen molar-refractivity contribution in [3.63, 3.8) is 0 Å². The van der Waals surface area contributed by atoms with Crippen LogP contribution in [0, 0.1) is 0 Å². The van der Waals surface area contributed by atoms with E-state index in [-0.39, 0.29) is 11.7 Å². The molecule has 1 aromatic rings. The van der Waals surface area contributed by atoms with Crippen molar-refractivity contribution in [2.45, 2.75) is 31.6 Å². The molecule has 0 fully saturated rings. The van der Waals surface area contributed by atoms with Crippen LogP contribution in [0.2, 0.25) is 0 Å². The smallest absolute Gasteiger partial charge is 0.178 e. The minimum atomic E-state index is -3.13. The maximum Gasteiger partial charge on any atom is 0.178 e. The number of hydrogen-bond acceptors (Lipinski definition) is 2. The van der Waals surface area contributed by atoms with Crippen LogP contribution in [0.4, 0.5) is 0 Å². The van der Waals surface area contributed by atoms with Gasteiger partial charge in [0.05, 0.1) is 10.6 Å². The molecule has 4 heteroatoms. The van der Waals surface area contributed by atoms with Crippen LogP contribution in [-0.2, 0) is 9.84 Å². The predicted octanol–water partition coefficient (Wildman–Crippen LogP) is 3.37. The maximum absolute atomic E-state index is 11.9. The zero-order chi connectivity index (χ0) is 11.6. The summed E-state index contributed by atoms with van der Waals surface area (Å²) >= 11 is 3.30. The second-order valence-electron chi connectivity index (χ2n) is 3.74. The molecule has 2 nitrogen and oxygen atoms in total. The number of sulfone groups is 1. The third-order valence-corrected chi connectivity index (χ3v) is 4.59. The Morgan fingerprint density at radius 3 is 2.40 bits per heavy atom. The Morgan fingerprint density at radius 1 is 1.33 bits per heavy atom. The van der Waals surface area contributed by atoms with E-state index in [1.165, 1.54) is 0 Å². The molecular formula is C11H15BrO2S. The van der Waals surface area contributed by atoms with Crippen LogP contribution in [-0.4, -0.2) is 14.2 Å². The molecule has 1 aromatic carbocycles. The summed E-state index contributed by atoms with van der Waals surface area (Å²) in [7, 11) is -3.13. The van der Waals surface area contributed by atoms with Gasteiger partial charge in [-0.2, -0.15) is 0 Å². The van der Waals surface area contributed by atoms with E-state index in [2.05, 4.69) is 15.9 Å². The maximum atomic E-state index is 11.9. The molecule has 0 aliphatic heterocycles. The third kappa shape index (κ3) is 2.82. The van der Waals surface area contributed by atoms with E-state index in [9.17, 15) is 8.42 Å². The highest BCUT2D eigenvalue weighted by atomic mass is 79.9. The van der Waals surface area contributed by atoms with Gasteiger partial charge in [0.1, 0.15) is 0 Å². The highest BCUT2D eigenvalue weighted by molar-refractivity contribution is 9.10. The van der Waals surface area contributed by atoms with Crippen molar-refractivity contribution >= 4 is 25.8 Å². The monoisotopic (exact) mass is 290 g/mol. The number of rotatable bonds is 3. The fourth-order valence-electron chi connectivity index (χ4n) is 1.41. The van der Waals surface area contributed by atoms with Gasteiger partial charge >= 0.3 is 0 Å². The zero-order valence-electron chi connectivity index (χ0n) is 9.12. The van der Waals surface area contributed by atoms with E-state index in [1.54, 1.807) is 13.0 Å². The van der Waals surface area contributed by atoms with E-state index in [1.807, 2.05) is 26.0 Å². The Labute approximate surface area is 99.7 Å². The summed E-state index contributed by atoms with van der Waals surface area (Å²) < 4.78 is 24.5. The number of hydrogen-bond donors (Lipinski definition) is 0. The van der Waals surface area contributed by atoms with Crippen LogP contribution in [0.3, 0.4) is 0 Å². The lowest BCUT2D eigenvalue weighted by Gasteiger charge is -2.12. The fraction of sp³-hybridized carbons (Fsp3) is 0.455. The second kappa shape index (κ2) is 4.66. The Morgan fingerprint density at radius 2 is 1.93 bits per heavy atom. The Balaban J connectivity index is 3.44. The van der Waals surface area contributed by atoms with E-state index in [0.29, 0.717) is 4.90 Å². The molecule has 0 unspecified atom stereocenters. The summed E-state index contributed by atoms with van der Waals surface area (Å²) in [6, 6.07) is 5.44. The normalized spacial score (nSPS) is 12.1. The van der Waals surface area contributed by atoms with E-state index < -0.39 is 9.84 Å². The molecule has 0 spiro atoms. The average Bonchev–Trinajstić information content (AvgIpc) is 2.17. The van der Waals surface area contributed by atoms with Gasteiger partial charge < -0.3 is 0 Å². The van der Waals surface area contributed by atoms with Gasteiger partial charge in [0.25, 0.3) is 0 Å². The van der Waals surface area contributed by atoms with Gasteiger partial charge in [0.2, 0.25) is 0 Å². The van der Waals surface area contributed by atoms with Gasteiger partial charge in [-0.1, -0.05) is 42.8 Å². The first-order valence-corrected chi connectivity index (χ1v) is 7.35. The summed E-state index contributed by atoms with van der Waals surface area (Å²) in [6.45, 7) is 5.66. The van der Waals surface area contributed by atoms with E-state index in [4.69, 9.17) is 0 Å². The molecule has 84 valence electrons. The molecule has 0 heterocycles. The Kier molecular flexibility index (Phi) is 3.95. The summed E-state index contributed by atoms with van der Waals surface area (Å²) in [5.74, 6) is 0.359. The molecule has 0 atom stereocenters. The van der Waals surface area contributed by atoms with E-state index in [0.717, 1.165) is 10.0 Å². The van der Waals surface area contributed by atoms with Gasteiger partial charge in [-0.05, 0) is 23.6 Å². The van der Waals surface area contributed by atoms with Crippen molar-refractivity contribution in [3.05, 3.63) is 28.2 Å². The highest BCUT2D eigenvalue weighted by Crippen LogP contribution is 2.27. The SMILES string of the molecule is CCS(=O)(=O)c1cc(Br)ccc1C(C)C. The predicted molar refractivity (Wildman–Crippen MR) is 66.0 cm³/mol. The second-order valence-corrected chi connectivity index (χ2v) is 6.90. The molecule has 0 N–H and O–H groups in total. The summed E-state index contributed by atoms with van der Waals surface area (Å²) in [6.07, 6.45) is 0. The van der Waals surface area contributed by atoms with E-state index >= 15 is 0 Å². The molecule has 0 aliphatic rings. The molecule has 0 radical (unpaired) electrons. The van der Waals surface area contributed by atoms with Crippen molar-refractivity contribution in [1.29, 1.82) is 0 Å². The largest absolute Gasteiger partial charge is 0.224 e. The van der Waals surface area contributed by atoms with Crippen molar-refractivity contribution in [2.24, 2.45) is 0 Å². The fourth-order valence-corrected chi connectivity index (χ4v) is 3.20. The molecule has 0 amide bonds. The lowest BCUT2D eigenvalue weighted by molar-refractivity contribution is 0.595. The van der Waals surface area contributed by atoms with Crippen molar-refractivity contribution in [2.75, 3.05) is 5.75 Å². The molecular weight excluding hydrogens is 276 g/mol. The summed E-state index contributed by atoms with van der Waals surface area (Å²) in [5, 5.41) is 0. The van der Waals surface area contributed by atoms with Crippen molar-refractivity contribution in [1.82, 2.24) is 0 Å². The molecule has 0 bridgehead atoms. The molecule has 1 rings (SSSR count). The van der Waals surface area contributed by atoms with Gasteiger partial charge in [-0.3, -0.25) is 0 Å². The van der Waals surface area contributed by atoms with Crippen LogP contribution < -0.4 is 0 Å². The lowest BCUT2D eigenvalue weighted by atomic mass is 10.0. The standard InChI is InChI=1S/C11H15BrO2S/c1-4-15(13,14)11-7-9(12)5-6-10(11)8(2)3/h5-8H,4H2,1-3H3. The van der Waals surface area contributed by atoms with Crippen molar-refractivity contribution < 1.29 is 8.42 Å². The number of benzene rings is 1. The lowest BCUT2D eigenvalue weighted by Crippen LogP contribution is -2.08. The first kappa shape index (κ1) is 12.7. The average molecular weight is 291 g/mol. The molecule has 0 saturated heterocycles. The minimum Gasteiger partial charge on any atom is -0.224 e. The van der Waals surface area contributed by atoms with Gasteiger partial charge in [-0.15, -0.1) is 0 Å². The topological polar surface area (TPSA) is 34.1 Å². The van der Waals surface area contributed by atoms with Crippen LogP contribution in [0.15, 0.2) is 27.6 Å². The van der Waals surface area contributed by atoms with Crippen LogP contribution >= 0.6 is 15.9 Å². The Bertz CT molecular complexity index is 450. The highest BCUT2D eigenvalue weighted by Gasteiger charge is 2.18. The quantitative estimate of drug-likeness (QED) is 0.855. The molecule has 0 saturated carbocycles. The van der Waals surface area contributed by atoms with Crippen molar-refractivity contribution in [3.8, 4) is 0 Å². The summed E-state index contributed by atoms with van der Waals surface area (Å²) in [4.78, 5) is 0.453. The zero-order valence-corrected chi connectivity index (χ0v) is 11.5. The van der Waals surface area contributed by atoms with Gasteiger partial charge in [0, 0.05) is 4.47 Å².